The highest BCUT2D eigenvalue weighted by atomic mass is 19.4. The van der Waals surface area contributed by atoms with E-state index in [2.05, 4.69) is 14.5 Å². The molecule has 0 amide bonds. The first-order valence-electron chi connectivity index (χ1n) is 3.68. The second-order valence-corrected chi connectivity index (χ2v) is 2.74. The third kappa shape index (κ3) is 2.03. The van der Waals surface area contributed by atoms with E-state index in [0.717, 1.165) is 7.11 Å². The Morgan fingerprint density at radius 2 is 2.07 bits per heavy atom. The topological polar surface area (TPSA) is 47.9 Å². The lowest BCUT2D eigenvalue weighted by molar-refractivity contribution is -0.196. The van der Waals surface area contributed by atoms with Crippen molar-refractivity contribution in [1.29, 1.82) is 0 Å². The van der Waals surface area contributed by atoms with Gasteiger partial charge in [0.1, 0.15) is 6.61 Å². The van der Waals surface area contributed by atoms with Gasteiger partial charge in [-0.2, -0.15) is 13.2 Å². The second kappa shape index (κ2) is 3.23. The van der Waals surface area contributed by atoms with Crippen LogP contribution in [0.4, 0.5) is 13.2 Å². The first kappa shape index (κ1) is 11.0. The predicted molar refractivity (Wildman–Crippen MR) is 39.9 cm³/mol. The summed E-state index contributed by atoms with van der Waals surface area (Å²) in [7, 11) is 1.06. The van der Waals surface area contributed by atoms with Crippen LogP contribution in [0.15, 0.2) is 4.99 Å². The summed E-state index contributed by atoms with van der Waals surface area (Å²) in [6.07, 6.45) is -4.49. The van der Waals surface area contributed by atoms with Crippen molar-refractivity contribution < 1.29 is 27.4 Å². The van der Waals surface area contributed by atoms with Gasteiger partial charge in [0.25, 0.3) is 5.72 Å². The van der Waals surface area contributed by atoms with Crippen LogP contribution in [-0.2, 0) is 14.3 Å². The van der Waals surface area contributed by atoms with Crippen LogP contribution < -0.4 is 0 Å². The molecule has 1 heterocycles. The van der Waals surface area contributed by atoms with Crippen molar-refractivity contribution in [3.8, 4) is 0 Å². The standard InChI is InChI=1S/C7H8F3NO3/c1-4-7(11-4,5(12)13-2)14-3-6(8,9)10/h3H2,1-2H3. The molecule has 0 aromatic heterocycles. The molecule has 7 heteroatoms. The van der Waals surface area contributed by atoms with Gasteiger partial charge in [-0.3, -0.25) is 0 Å². The van der Waals surface area contributed by atoms with Gasteiger partial charge in [-0.15, -0.1) is 0 Å². The Morgan fingerprint density at radius 1 is 1.57 bits per heavy atom. The lowest BCUT2D eigenvalue weighted by Gasteiger charge is -2.14. The molecular weight excluding hydrogens is 203 g/mol. The van der Waals surface area contributed by atoms with Crippen LogP contribution in [0.25, 0.3) is 0 Å². The summed E-state index contributed by atoms with van der Waals surface area (Å²) in [6, 6.07) is 0. The molecular formula is C7H8F3NO3. The van der Waals surface area contributed by atoms with Crippen LogP contribution >= 0.6 is 0 Å². The third-order valence-electron chi connectivity index (χ3n) is 1.67. The van der Waals surface area contributed by atoms with Gasteiger partial charge >= 0.3 is 12.1 Å². The van der Waals surface area contributed by atoms with E-state index in [0.29, 0.717) is 0 Å². The van der Waals surface area contributed by atoms with Gasteiger partial charge in [0.2, 0.25) is 0 Å². The SMILES string of the molecule is COC(=O)C1(OCC(F)(F)F)N=C1C. The molecule has 0 N–H and O–H groups in total. The van der Waals surface area contributed by atoms with Gasteiger partial charge in [-0.25, -0.2) is 9.79 Å². The maximum absolute atomic E-state index is 11.8. The fraction of sp³-hybridized carbons (Fsp3) is 0.714. The zero-order valence-corrected chi connectivity index (χ0v) is 7.51. The molecule has 0 bridgehead atoms. The van der Waals surface area contributed by atoms with Gasteiger partial charge < -0.3 is 9.47 Å². The molecule has 14 heavy (non-hydrogen) atoms. The largest absolute Gasteiger partial charge is 0.465 e. The number of carbonyl (C=O) groups excluding carboxylic acids is 1. The molecule has 1 unspecified atom stereocenters. The Morgan fingerprint density at radius 3 is 2.36 bits per heavy atom. The van der Waals surface area contributed by atoms with Gasteiger partial charge in [-0.1, -0.05) is 0 Å². The van der Waals surface area contributed by atoms with Crippen molar-refractivity contribution in [2.75, 3.05) is 13.7 Å². The van der Waals surface area contributed by atoms with E-state index >= 15 is 0 Å². The minimum atomic E-state index is -4.49. The molecule has 0 aromatic carbocycles. The predicted octanol–water partition coefficient (Wildman–Crippen LogP) is 0.909. The summed E-state index contributed by atoms with van der Waals surface area (Å²) < 4.78 is 44.0. The molecule has 80 valence electrons. The van der Waals surface area contributed by atoms with Crippen molar-refractivity contribution in [1.82, 2.24) is 0 Å². The average Bonchev–Trinajstić information content (AvgIpc) is 2.72. The normalized spacial score (nSPS) is 25.6. The molecule has 0 radical (unpaired) electrons. The van der Waals surface area contributed by atoms with Crippen LogP contribution in [0.1, 0.15) is 6.92 Å². The van der Waals surface area contributed by atoms with Crippen molar-refractivity contribution in [3.63, 3.8) is 0 Å². The molecule has 0 saturated carbocycles. The molecule has 4 nitrogen and oxygen atoms in total. The molecule has 1 rings (SSSR count). The number of halogens is 3. The van der Waals surface area contributed by atoms with Crippen LogP contribution in [0.3, 0.4) is 0 Å². The highest BCUT2D eigenvalue weighted by Crippen LogP contribution is 2.32. The van der Waals surface area contributed by atoms with Crippen LogP contribution in [-0.4, -0.2) is 37.3 Å². The maximum atomic E-state index is 11.8. The number of ether oxygens (including phenoxy) is 2. The van der Waals surface area contributed by atoms with Gasteiger partial charge in [0.15, 0.2) is 0 Å². The van der Waals surface area contributed by atoms with Gasteiger partial charge in [0.05, 0.1) is 12.8 Å². The Labute approximate surface area is 77.7 Å². The molecule has 0 fully saturated rings. The molecule has 0 aromatic rings. The Bertz CT molecular complexity index is 286. The van der Waals surface area contributed by atoms with E-state index in [9.17, 15) is 18.0 Å². The van der Waals surface area contributed by atoms with Crippen molar-refractivity contribution in [3.05, 3.63) is 0 Å². The Hall–Kier alpha value is -1.11. The molecule has 0 spiro atoms. The molecule has 0 aliphatic carbocycles. The lowest BCUT2D eigenvalue weighted by Crippen LogP contribution is -2.37. The number of hydrogen-bond acceptors (Lipinski definition) is 4. The zero-order chi connectivity index (χ0) is 11.0. The lowest BCUT2D eigenvalue weighted by atomic mass is 10.2. The first-order valence-corrected chi connectivity index (χ1v) is 3.68. The average molecular weight is 211 g/mol. The summed E-state index contributed by atoms with van der Waals surface area (Å²) in [6.45, 7) is -0.129. The quantitative estimate of drug-likeness (QED) is 0.652. The number of carbonyl (C=O) groups is 1. The molecule has 1 aliphatic rings. The van der Waals surface area contributed by atoms with E-state index in [1.807, 2.05) is 0 Å². The fourth-order valence-corrected chi connectivity index (χ4v) is 0.922. The summed E-state index contributed by atoms with van der Waals surface area (Å²) in [5.74, 6) is -0.931. The first-order chi connectivity index (χ1) is 6.32. The highest BCUT2D eigenvalue weighted by molar-refractivity contribution is 6.18. The second-order valence-electron chi connectivity index (χ2n) is 2.74. The molecule has 0 saturated heterocycles. The maximum Gasteiger partial charge on any atom is 0.411 e. The Kier molecular flexibility index (Phi) is 2.53. The number of alkyl halides is 3. The van der Waals surface area contributed by atoms with Crippen LogP contribution in [0.2, 0.25) is 0 Å². The highest BCUT2D eigenvalue weighted by Gasteiger charge is 2.56. The van der Waals surface area contributed by atoms with E-state index in [4.69, 9.17) is 0 Å². The number of hydrogen-bond donors (Lipinski definition) is 0. The van der Waals surface area contributed by atoms with Crippen molar-refractivity contribution in [2.24, 2.45) is 4.99 Å². The number of aliphatic imine (C=N–C) groups is 1. The van der Waals surface area contributed by atoms with Gasteiger partial charge in [-0.05, 0) is 6.92 Å². The van der Waals surface area contributed by atoms with Crippen molar-refractivity contribution in [2.45, 2.75) is 18.8 Å². The van der Waals surface area contributed by atoms with E-state index in [-0.39, 0.29) is 5.71 Å². The molecule has 1 atom stereocenters. The van der Waals surface area contributed by atoms with E-state index in [1.54, 1.807) is 0 Å². The minimum Gasteiger partial charge on any atom is -0.465 e. The number of methoxy groups -OCH3 is 1. The number of rotatable bonds is 3. The fourth-order valence-electron chi connectivity index (χ4n) is 0.922. The summed E-state index contributed by atoms with van der Waals surface area (Å²) in [5.41, 5.74) is -1.63. The number of esters is 1. The Balaban J connectivity index is 2.54. The third-order valence-corrected chi connectivity index (χ3v) is 1.67. The van der Waals surface area contributed by atoms with Gasteiger partial charge in [0, 0.05) is 0 Å². The monoisotopic (exact) mass is 211 g/mol. The van der Waals surface area contributed by atoms with E-state index in [1.165, 1.54) is 6.92 Å². The summed E-state index contributed by atoms with van der Waals surface area (Å²) >= 11 is 0. The molecule has 1 aliphatic heterocycles. The van der Waals surface area contributed by atoms with Crippen LogP contribution in [0.5, 0.6) is 0 Å². The number of nitrogens with zero attached hydrogens (tertiary/aromatic N) is 1. The van der Waals surface area contributed by atoms with Crippen molar-refractivity contribution >= 4 is 11.7 Å². The zero-order valence-electron chi connectivity index (χ0n) is 7.51. The summed E-state index contributed by atoms with van der Waals surface area (Å²) in [5, 5.41) is 0. The van der Waals surface area contributed by atoms with Crippen LogP contribution in [0, 0.1) is 0 Å². The smallest absolute Gasteiger partial charge is 0.411 e. The minimum absolute atomic E-state index is 0.189. The van der Waals surface area contributed by atoms with E-state index < -0.39 is 24.5 Å². The summed E-state index contributed by atoms with van der Waals surface area (Å²) in [4.78, 5) is 14.5.